The third kappa shape index (κ3) is 2.37. The van der Waals surface area contributed by atoms with E-state index in [1.165, 1.54) is 11.1 Å². The lowest BCUT2D eigenvalue weighted by Gasteiger charge is -2.08. The molecule has 0 saturated carbocycles. The van der Waals surface area contributed by atoms with Gasteiger partial charge in [-0.15, -0.1) is 0 Å². The second-order valence-corrected chi connectivity index (χ2v) is 4.63. The molecule has 19 heavy (non-hydrogen) atoms. The molecule has 1 heterocycles. The van der Waals surface area contributed by atoms with Gasteiger partial charge in [0.2, 0.25) is 0 Å². The average molecular weight is 251 g/mol. The fraction of sp³-hybridized carbons (Fsp3) is 0.188. The highest BCUT2D eigenvalue weighted by molar-refractivity contribution is 5.76. The van der Waals surface area contributed by atoms with Crippen molar-refractivity contribution in [2.75, 3.05) is 6.54 Å². The second kappa shape index (κ2) is 5.24. The predicted octanol–water partition coefficient (Wildman–Crippen LogP) is 2.59. The zero-order valence-corrected chi connectivity index (χ0v) is 10.8. The van der Waals surface area contributed by atoms with Crippen LogP contribution in [0.2, 0.25) is 0 Å². The number of benzene rings is 2. The summed E-state index contributed by atoms with van der Waals surface area (Å²) >= 11 is 0. The molecule has 3 rings (SSSR count). The van der Waals surface area contributed by atoms with E-state index in [-0.39, 0.29) is 0 Å². The number of para-hydroxylation sites is 2. The summed E-state index contributed by atoms with van der Waals surface area (Å²) in [4.78, 5) is 4.68. The number of hydrogen-bond acceptors (Lipinski definition) is 2. The summed E-state index contributed by atoms with van der Waals surface area (Å²) in [6.07, 6.45) is 0.807. The highest BCUT2D eigenvalue weighted by Crippen LogP contribution is 2.18. The maximum Gasteiger partial charge on any atom is 0.111 e. The van der Waals surface area contributed by atoms with Crippen LogP contribution < -0.4 is 5.73 Å². The van der Waals surface area contributed by atoms with Crippen LogP contribution >= 0.6 is 0 Å². The van der Waals surface area contributed by atoms with Crippen LogP contribution in [-0.2, 0) is 13.0 Å². The van der Waals surface area contributed by atoms with Crippen molar-refractivity contribution >= 4 is 11.0 Å². The maximum absolute atomic E-state index is 5.69. The Morgan fingerprint density at radius 1 is 0.947 bits per heavy atom. The molecule has 0 aliphatic carbocycles. The molecular weight excluding hydrogens is 234 g/mol. The standard InChI is InChI=1S/C16H17N3/c17-11-10-16-18-14-8-4-5-9-15(14)19(16)12-13-6-2-1-3-7-13/h1-9H,10-12,17H2. The van der Waals surface area contributed by atoms with E-state index in [0.717, 1.165) is 24.3 Å². The van der Waals surface area contributed by atoms with Crippen molar-refractivity contribution in [3.8, 4) is 0 Å². The number of fused-ring (bicyclic) bond motifs is 1. The molecule has 3 nitrogen and oxygen atoms in total. The lowest BCUT2D eigenvalue weighted by Crippen LogP contribution is -2.10. The molecule has 0 unspecified atom stereocenters. The SMILES string of the molecule is NCCc1nc2ccccc2n1Cc1ccccc1. The number of imidazole rings is 1. The Morgan fingerprint density at radius 3 is 2.47 bits per heavy atom. The van der Waals surface area contributed by atoms with Crippen molar-refractivity contribution in [3.05, 3.63) is 66.0 Å². The van der Waals surface area contributed by atoms with Gasteiger partial charge < -0.3 is 10.3 Å². The lowest BCUT2D eigenvalue weighted by atomic mass is 10.2. The van der Waals surface area contributed by atoms with Crippen LogP contribution in [0, 0.1) is 0 Å². The molecule has 3 heteroatoms. The van der Waals surface area contributed by atoms with Gasteiger partial charge in [-0.05, 0) is 24.2 Å². The van der Waals surface area contributed by atoms with Gasteiger partial charge in [0, 0.05) is 13.0 Å². The first-order valence-electron chi connectivity index (χ1n) is 6.56. The summed E-state index contributed by atoms with van der Waals surface area (Å²) in [5.74, 6) is 1.06. The molecule has 0 radical (unpaired) electrons. The van der Waals surface area contributed by atoms with E-state index in [9.17, 15) is 0 Å². The minimum Gasteiger partial charge on any atom is -0.330 e. The fourth-order valence-corrected chi connectivity index (χ4v) is 2.39. The van der Waals surface area contributed by atoms with E-state index in [1.807, 2.05) is 12.1 Å². The van der Waals surface area contributed by atoms with Crippen LogP contribution in [0.25, 0.3) is 11.0 Å². The normalized spacial score (nSPS) is 11.0. The number of nitrogens with two attached hydrogens (primary N) is 1. The van der Waals surface area contributed by atoms with Crippen molar-refractivity contribution in [2.24, 2.45) is 5.73 Å². The summed E-state index contributed by atoms with van der Waals surface area (Å²) in [6, 6.07) is 18.7. The van der Waals surface area contributed by atoms with Crippen LogP contribution in [0.5, 0.6) is 0 Å². The van der Waals surface area contributed by atoms with Crippen LogP contribution in [-0.4, -0.2) is 16.1 Å². The molecule has 96 valence electrons. The summed E-state index contributed by atoms with van der Waals surface area (Å²) in [6.45, 7) is 1.47. The fourth-order valence-electron chi connectivity index (χ4n) is 2.39. The third-order valence-electron chi connectivity index (χ3n) is 3.29. The van der Waals surface area contributed by atoms with Crippen molar-refractivity contribution in [2.45, 2.75) is 13.0 Å². The molecule has 0 bridgehead atoms. The van der Waals surface area contributed by atoms with Gasteiger partial charge in [0.1, 0.15) is 5.82 Å². The molecule has 3 aromatic rings. The Kier molecular flexibility index (Phi) is 3.29. The van der Waals surface area contributed by atoms with Gasteiger partial charge in [0.15, 0.2) is 0 Å². The third-order valence-corrected chi connectivity index (χ3v) is 3.29. The highest BCUT2D eigenvalue weighted by Gasteiger charge is 2.09. The van der Waals surface area contributed by atoms with E-state index in [1.54, 1.807) is 0 Å². The van der Waals surface area contributed by atoms with Crippen LogP contribution in [0.3, 0.4) is 0 Å². The van der Waals surface area contributed by atoms with Gasteiger partial charge in [0.05, 0.1) is 11.0 Å². The summed E-state index contributed by atoms with van der Waals surface area (Å²) in [5, 5.41) is 0. The van der Waals surface area contributed by atoms with Gasteiger partial charge in [0.25, 0.3) is 0 Å². The van der Waals surface area contributed by atoms with Gasteiger partial charge in [-0.25, -0.2) is 4.98 Å². The zero-order chi connectivity index (χ0) is 13.1. The van der Waals surface area contributed by atoms with Gasteiger partial charge >= 0.3 is 0 Å². The summed E-state index contributed by atoms with van der Waals surface area (Å²) < 4.78 is 2.26. The molecule has 0 aliphatic heterocycles. The van der Waals surface area contributed by atoms with Gasteiger partial charge in [-0.2, -0.15) is 0 Å². The number of hydrogen-bond donors (Lipinski definition) is 1. The van der Waals surface area contributed by atoms with E-state index in [0.29, 0.717) is 6.54 Å². The largest absolute Gasteiger partial charge is 0.330 e. The zero-order valence-electron chi connectivity index (χ0n) is 10.8. The quantitative estimate of drug-likeness (QED) is 0.774. The Bertz CT molecular complexity index is 671. The minimum atomic E-state index is 0.623. The molecule has 2 N–H and O–H groups in total. The Morgan fingerprint density at radius 2 is 1.68 bits per heavy atom. The van der Waals surface area contributed by atoms with Crippen molar-refractivity contribution < 1.29 is 0 Å². The molecule has 0 fully saturated rings. The Labute approximate surface area is 112 Å². The number of nitrogens with zero attached hydrogens (tertiary/aromatic N) is 2. The predicted molar refractivity (Wildman–Crippen MR) is 78.0 cm³/mol. The minimum absolute atomic E-state index is 0.623. The first-order chi connectivity index (χ1) is 9.38. The molecular formula is C16H17N3. The number of aromatic nitrogens is 2. The van der Waals surface area contributed by atoms with Crippen LogP contribution in [0.15, 0.2) is 54.6 Å². The molecule has 0 spiro atoms. The van der Waals surface area contributed by atoms with Crippen molar-refractivity contribution in [1.29, 1.82) is 0 Å². The topological polar surface area (TPSA) is 43.8 Å². The summed E-state index contributed by atoms with van der Waals surface area (Å²) in [7, 11) is 0. The maximum atomic E-state index is 5.69. The smallest absolute Gasteiger partial charge is 0.111 e. The van der Waals surface area contributed by atoms with Gasteiger partial charge in [-0.3, -0.25) is 0 Å². The average Bonchev–Trinajstić information content (AvgIpc) is 2.79. The van der Waals surface area contributed by atoms with Gasteiger partial charge in [-0.1, -0.05) is 42.5 Å². The van der Waals surface area contributed by atoms with E-state index < -0.39 is 0 Å². The van der Waals surface area contributed by atoms with Crippen LogP contribution in [0.1, 0.15) is 11.4 Å². The van der Waals surface area contributed by atoms with Crippen molar-refractivity contribution in [1.82, 2.24) is 9.55 Å². The molecule has 0 saturated heterocycles. The molecule has 0 aliphatic rings. The highest BCUT2D eigenvalue weighted by atomic mass is 15.1. The Balaban J connectivity index is 2.07. The monoisotopic (exact) mass is 251 g/mol. The van der Waals surface area contributed by atoms with E-state index in [2.05, 4.69) is 52.0 Å². The van der Waals surface area contributed by atoms with Crippen LogP contribution in [0.4, 0.5) is 0 Å². The second-order valence-electron chi connectivity index (χ2n) is 4.63. The van der Waals surface area contributed by atoms with E-state index >= 15 is 0 Å². The lowest BCUT2D eigenvalue weighted by molar-refractivity contribution is 0.735. The first-order valence-corrected chi connectivity index (χ1v) is 6.56. The summed E-state index contributed by atoms with van der Waals surface area (Å²) in [5.41, 5.74) is 9.19. The van der Waals surface area contributed by atoms with E-state index in [4.69, 9.17) is 5.73 Å². The molecule has 2 aromatic carbocycles. The first kappa shape index (κ1) is 11.9. The molecule has 0 atom stereocenters. The Hall–Kier alpha value is -2.13. The number of rotatable bonds is 4. The molecule has 0 amide bonds. The van der Waals surface area contributed by atoms with Crippen molar-refractivity contribution in [3.63, 3.8) is 0 Å². The molecule has 1 aromatic heterocycles.